The minimum absolute atomic E-state index is 0.204. The molecule has 88 valence electrons. The fourth-order valence-corrected chi connectivity index (χ4v) is 1.68. The minimum Gasteiger partial charge on any atom is -0.356 e. The van der Waals surface area contributed by atoms with Gasteiger partial charge in [-0.15, -0.1) is 0 Å². The third-order valence-corrected chi connectivity index (χ3v) is 2.56. The highest BCUT2D eigenvalue weighted by atomic mass is 16.1. The summed E-state index contributed by atoms with van der Waals surface area (Å²) in [5.41, 5.74) is 5.40. The Morgan fingerprint density at radius 2 is 2.00 bits per heavy atom. The van der Waals surface area contributed by atoms with Crippen LogP contribution in [-0.2, 0) is 4.79 Å². The number of amides is 1. The third kappa shape index (κ3) is 5.71. The molecule has 2 fully saturated rings. The SMILES string of the molecule is NCCN1CCNCC1.O=C1CCCN1. The lowest BCUT2D eigenvalue weighted by molar-refractivity contribution is -0.119. The van der Waals surface area contributed by atoms with Crippen molar-refractivity contribution in [3.8, 4) is 0 Å². The van der Waals surface area contributed by atoms with E-state index in [1.54, 1.807) is 0 Å². The van der Waals surface area contributed by atoms with Crippen molar-refractivity contribution in [2.24, 2.45) is 5.73 Å². The molecule has 15 heavy (non-hydrogen) atoms. The second-order valence-electron chi connectivity index (χ2n) is 3.83. The highest BCUT2D eigenvalue weighted by Crippen LogP contribution is 1.93. The van der Waals surface area contributed by atoms with E-state index < -0.39 is 0 Å². The summed E-state index contributed by atoms with van der Waals surface area (Å²) in [6.07, 6.45) is 1.76. The van der Waals surface area contributed by atoms with Crippen molar-refractivity contribution in [3.05, 3.63) is 0 Å². The Morgan fingerprint density at radius 1 is 1.27 bits per heavy atom. The summed E-state index contributed by atoms with van der Waals surface area (Å²) < 4.78 is 0. The van der Waals surface area contributed by atoms with Crippen LogP contribution >= 0.6 is 0 Å². The van der Waals surface area contributed by atoms with E-state index in [4.69, 9.17) is 5.73 Å². The molecule has 2 rings (SSSR count). The molecule has 0 atom stereocenters. The van der Waals surface area contributed by atoms with Gasteiger partial charge in [0.2, 0.25) is 5.91 Å². The molecule has 5 heteroatoms. The standard InChI is InChI=1S/C6H15N3.C4H7NO/c7-1-4-9-5-2-8-3-6-9;6-4-2-1-3-5-4/h8H,1-7H2;1-3H2,(H,5,6). The second-order valence-corrected chi connectivity index (χ2v) is 3.83. The van der Waals surface area contributed by atoms with Crippen molar-refractivity contribution in [1.29, 1.82) is 0 Å². The lowest BCUT2D eigenvalue weighted by Gasteiger charge is -2.26. The Labute approximate surface area is 91.4 Å². The summed E-state index contributed by atoms with van der Waals surface area (Å²) in [4.78, 5) is 12.5. The summed E-state index contributed by atoms with van der Waals surface area (Å²) in [5, 5.41) is 5.97. The van der Waals surface area contributed by atoms with E-state index >= 15 is 0 Å². The van der Waals surface area contributed by atoms with Crippen LogP contribution in [-0.4, -0.2) is 56.6 Å². The summed E-state index contributed by atoms with van der Waals surface area (Å²) in [6, 6.07) is 0. The molecule has 2 aliphatic rings. The summed E-state index contributed by atoms with van der Waals surface area (Å²) in [5.74, 6) is 0.204. The molecule has 2 saturated heterocycles. The smallest absolute Gasteiger partial charge is 0.220 e. The average molecular weight is 214 g/mol. The van der Waals surface area contributed by atoms with Gasteiger partial charge >= 0.3 is 0 Å². The van der Waals surface area contributed by atoms with E-state index in [0.717, 1.165) is 58.7 Å². The molecular formula is C10H22N4O. The van der Waals surface area contributed by atoms with Crippen LogP contribution in [0.1, 0.15) is 12.8 Å². The predicted octanol–water partition coefficient (Wildman–Crippen LogP) is -1.25. The molecule has 0 unspecified atom stereocenters. The first-order valence-corrected chi connectivity index (χ1v) is 5.73. The molecular weight excluding hydrogens is 192 g/mol. The summed E-state index contributed by atoms with van der Waals surface area (Å²) >= 11 is 0. The van der Waals surface area contributed by atoms with E-state index in [1.807, 2.05) is 0 Å². The van der Waals surface area contributed by atoms with E-state index in [1.165, 1.54) is 0 Å². The van der Waals surface area contributed by atoms with E-state index in [0.29, 0.717) is 0 Å². The minimum atomic E-state index is 0.204. The van der Waals surface area contributed by atoms with Crippen LogP contribution < -0.4 is 16.4 Å². The van der Waals surface area contributed by atoms with Crippen LogP contribution in [0.15, 0.2) is 0 Å². The van der Waals surface area contributed by atoms with Crippen LogP contribution in [0.2, 0.25) is 0 Å². The predicted molar refractivity (Wildman–Crippen MR) is 60.6 cm³/mol. The number of nitrogens with two attached hydrogens (primary N) is 1. The second kappa shape index (κ2) is 7.62. The van der Waals surface area contributed by atoms with Crippen LogP contribution in [0.3, 0.4) is 0 Å². The van der Waals surface area contributed by atoms with Crippen molar-refractivity contribution >= 4 is 5.91 Å². The molecule has 2 aliphatic heterocycles. The van der Waals surface area contributed by atoms with Crippen LogP contribution in [0.4, 0.5) is 0 Å². The maximum absolute atomic E-state index is 10.1. The fourth-order valence-electron chi connectivity index (χ4n) is 1.68. The first kappa shape index (κ1) is 12.4. The first-order valence-electron chi connectivity index (χ1n) is 5.73. The Bertz CT molecular complexity index is 170. The van der Waals surface area contributed by atoms with Crippen molar-refractivity contribution in [2.75, 3.05) is 45.8 Å². The number of hydrogen-bond donors (Lipinski definition) is 3. The van der Waals surface area contributed by atoms with Gasteiger partial charge in [-0.3, -0.25) is 9.69 Å². The number of rotatable bonds is 2. The Kier molecular flexibility index (Phi) is 6.31. The Morgan fingerprint density at radius 3 is 2.40 bits per heavy atom. The highest BCUT2D eigenvalue weighted by molar-refractivity contribution is 5.77. The van der Waals surface area contributed by atoms with Gasteiger partial charge in [-0.1, -0.05) is 0 Å². The molecule has 5 nitrogen and oxygen atoms in total. The topological polar surface area (TPSA) is 70.4 Å². The van der Waals surface area contributed by atoms with Gasteiger partial charge in [-0.2, -0.15) is 0 Å². The number of piperazine rings is 1. The molecule has 0 saturated carbocycles. The van der Waals surface area contributed by atoms with Gasteiger partial charge in [-0.25, -0.2) is 0 Å². The van der Waals surface area contributed by atoms with Crippen molar-refractivity contribution in [1.82, 2.24) is 15.5 Å². The van der Waals surface area contributed by atoms with Gasteiger partial charge in [0.1, 0.15) is 0 Å². The molecule has 0 bridgehead atoms. The average Bonchev–Trinajstić information content (AvgIpc) is 2.72. The summed E-state index contributed by atoms with van der Waals surface area (Å²) in [7, 11) is 0. The lowest BCUT2D eigenvalue weighted by atomic mass is 10.3. The van der Waals surface area contributed by atoms with Crippen molar-refractivity contribution < 1.29 is 4.79 Å². The number of hydrogen-bond acceptors (Lipinski definition) is 4. The van der Waals surface area contributed by atoms with Crippen LogP contribution in [0.5, 0.6) is 0 Å². The first-order chi connectivity index (χ1) is 7.33. The van der Waals surface area contributed by atoms with Crippen molar-refractivity contribution in [3.63, 3.8) is 0 Å². The van der Waals surface area contributed by atoms with E-state index in [9.17, 15) is 4.79 Å². The van der Waals surface area contributed by atoms with Gasteiger partial charge in [0.05, 0.1) is 0 Å². The zero-order valence-electron chi connectivity index (χ0n) is 9.30. The zero-order valence-corrected chi connectivity index (χ0v) is 9.30. The van der Waals surface area contributed by atoms with Gasteiger partial charge < -0.3 is 16.4 Å². The van der Waals surface area contributed by atoms with Gasteiger partial charge in [0.25, 0.3) is 0 Å². The van der Waals surface area contributed by atoms with Crippen molar-refractivity contribution in [2.45, 2.75) is 12.8 Å². The maximum atomic E-state index is 10.1. The van der Waals surface area contributed by atoms with E-state index in [2.05, 4.69) is 15.5 Å². The normalized spacial score (nSPS) is 21.8. The van der Waals surface area contributed by atoms with Crippen LogP contribution in [0, 0.1) is 0 Å². The molecule has 2 heterocycles. The van der Waals surface area contributed by atoms with Gasteiger partial charge in [0.15, 0.2) is 0 Å². The van der Waals surface area contributed by atoms with E-state index in [-0.39, 0.29) is 5.91 Å². The molecule has 4 N–H and O–H groups in total. The molecule has 0 aromatic carbocycles. The molecule has 0 aromatic heterocycles. The quantitative estimate of drug-likeness (QED) is 0.537. The molecule has 0 spiro atoms. The maximum Gasteiger partial charge on any atom is 0.220 e. The fraction of sp³-hybridized carbons (Fsp3) is 0.900. The Hall–Kier alpha value is -0.650. The van der Waals surface area contributed by atoms with Gasteiger partial charge in [-0.05, 0) is 6.42 Å². The zero-order chi connectivity index (χ0) is 10.9. The number of carbonyl (C=O) groups excluding carboxylic acids is 1. The van der Waals surface area contributed by atoms with Crippen LogP contribution in [0.25, 0.3) is 0 Å². The number of nitrogens with one attached hydrogen (secondary N) is 2. The number of nitrogens with zero attached hydrogens (tertiary/aromatic N) is 1. The number of carbonyl (C=O) groups is 1. The monoisotopic (exact) mass is 214 g/mol. The highest BCUT2D eigenvalue weighted by Gasteiger charge is 2.06. The molecule has 0 aromatic rings. The molecule has 1 amide bonds. The van der Waals surface area contributed by atoms with Gasteiger partial charge in [0, 0.05) is 52.2 Å². The Balaban J connectivity index is 0.000000162. The molecule has 0 aliphatic carbocycles. The summed E-state index contributed by atoms with van der Waals surface area (Å²) in [6.45, 7) is 7.31. The third-order valence-electron chi connectivity index (χ3n) is 2.56. The largest absolute Gasteiger partial charge is 0.356 e. The lowest BCUT2D eigenvalue weighted by Crippen LogP contribution is -2.45. The molecule has 0 radical (unpaired) electrons.